The van der Waals surface area contributed by atoms with E-state index in [9.17, 15) is 24.3 Å². The molecule has 2 fully saturated rings. The van der Waals surface area contributed by atoms with Crippen molar-refractivity contribution in [1.82, 2.24) is 4.90 Å². The van der Waals surface area contributed by atoms with Gasteiger partial charge in [-0.1, -0.05) is 60.6 Å². The molecule has 9 nitrogen and oxygen atoms in total. The summed E-state index contributed by atoms with van der Waals surface area (Å²) in [7, 11) is -3.01. The Hall–Kier alpha value is -3.57. The number of hydrogen-bond acceptors (Lipinski definition) is 6. The van der Waals surface area contributed by atoms with E-state index in [-0.39, 0.29) is 37.3 Å². The van der Waals surface area contributed by atoms with Crippen molar-refractivity contribution >= 4 is 37.4 Å². The third-order valence-electron chi connectivity index (χ3n) is 10.2. The number of ether oxygens (including phenoxy) is 1. The van der Waals surface area contributed by atoms with Crippen LogP contribution in [0.1, 0.15) is 64.5 Å². The summed E-state index contributed by atoms with van der Waals surface area (Å²) in [6.45, 7) is 13.2. The van der Waals surface area contributed by atoms with Crippen LogP contribution in [-0.2, 0) is 31.3 Å². The molecule has 258 valence electrons. The molecular weight excluding hydrogens is 623 g/mol. The number of aliphatic hydroxyl groups is 1. The lowest BCUT2D eigenvalue weighted by Crippen LogP contribution is -2.46. The first kappa shape index (κ1) is 35.7. The number of anilines is 2. The number of nitrogens with zero attached hydrogens (tertiary/aromatic N) is 3. The van der Waals surface area contributed by atoms with Crippen LogP contribution >= 0.6 is 0 Å². The monoisotopic (exact) mass is 673 g/mol. The highest BCUT2D eigenvalue weighted by Gasteiger charge is 2.66. The molecule has 2 saturated heterocycles. The molecule has 0 saturated carbocycles. The Morgan fingerprint density at radius 1 is 1.10 bits per heavy atom. The summed E-state index contributed by atoms with van der Waals surface area (Å²) in [6, 6.07) is 15.3. The maximum absolute atomic E-state index is 14.8. The van der Waals surface area contributed by atoms with Crippen LogP contribution in [-0.4, -0.2) is 73.2 Å². The van der Waals surface area contributed by atoms with Gasteiger partial charge < -0.3 is 29.3 Å². The Labute approximate surface area is 286 Å². The summed E-state index contributed by atoms with van der Waals surface area (Å²) < 4.78 is 6.93. The molecule has 0 aromatic heterocycles. The number of amides is 3. The molecule has 2 aromatic carbocycles. The van der Waals surface area contributed by atoms with Crippen LogP contribution in [0.5, 0.6) is 0 Å². The molecule has 5 rings (SSSR count). The Kier molecular flexibility index (Phi) is 10.8. The number of carbonyl (C=O) groups is 3. The fourth-order valence-electron chi connectivity index (χ4n) is 7.66. The first-order valence-corrected chi connectivity index (χ1v) is 20.2. The van der Waals surface area contributed by atoms with Gasteiger partial charge in [-0.3, -0.25) is 14.4 Å². The highest BCUT2D eigenvalue weighted by Crippen LogP contribution is 2.60. The number of benzene rings is 2. The van der Waals surface area contributed by atoms with E-state index in [1.54, 1.807) is 14.7 Å². The topological polar surface area (TPSA) is 111 Å². The van der Waals surface area contributed by atoms with Gasteiger partial charge in [0.05, 0.1) is 24.8 Å². The van der Waals surface area contributed by atoms with Gasteiger partial charge in [0.1, 0.15) is 0 Å². The van der Waals surface area contributed by atoms with Crippen molar-refractivity contribution in [3.63, 3.8) is 0 Å². The Morgan fingerprint density at radius 2 is 1.83 bits per heavy atom. The fourth-order valence-corrected chi connectivity index (χ4v) is 10.2. The van der Waals surface area contributed by atoms with Crippen molar-refractivity contribution in [3.8, 4) is 0 Å². The standard InChI is InChI=1S/C38H51N3O6Si/c1-26(2)11-10-12-27(3)17-19-41-32-16-15-30(40-20-18-34(40)43)23-31(32)38(37(41)45)28(4)36(48(5,6)46)33(47-38)24-35(44)39(21-22-42)25-29-13-8-7-9-14-29/h7-9,11,13-17,23,28,33,36,42,46H,10,12,18-22,24-25H2,1-6H3/b27-17+/t28-,33+,36-,38+/m1/s1. The number of aliphatic hydroxyl groups excluding tert-OH is 1. The lowest BCUT2D eigenvalue weighted by Gasteiger charge is -2.33. The first-order chi connectivity index (χ1) is 22.8. The van der Waals surface area contributed by atoms with Crippen LogP contribution in [0.25, 0.3) is 0 Å². The van der Waals surface area contributed by atoms with Gasteiger partial charge in [0.15, 0.2) is 13.9 Å². The van der Waals surface area contributed by atoms with Gasteiger partial charge in [0, 0.05) is 55.3 Å². The van der Waals surface area contributed by atoms with E-state index in [4.69, 9.17) is 4.74 Å². The normalized spacial score (nSPS) is 23.8. The predicted molar refractivity (Wildman–Crippen MR) is 191 cm³/mol. The molecule has 0 aliphatic carbocycles. The second-order valence-electron chi connectivity index (χ2n) is 14.4. The molecule has 2 aromatic rings. The lowest BCUT2D eigenvalue weighted by molar-refractivity contribution is -0.149. The van der Waals surface area contributed by atoms with Crippen LogP contribution in [0.15, 0.2) is 71.8 Å². The van der Waals surface area contributed by atoms with E-state index >= 15 is 0 Å². The smallest absolute Gasteiger partial charge is 0.264 e. The summed E-state index contributed by atoms with van der Waals surface area (Å²) in [5.41, 5.74) is 3.67. The molecule has 3 heterocycles. The zero-order valence-electron chi connectivity index (χ0n) is 29.2. The average Bonchev–Trinajstić information content (AvgIpc) is 3.45. The van der Waals surface area contributed by atoms with E-state index in [2.05, 4.69) is 32.9 Å². The molecule has 3 amide bonds. The minimum atomic E-state index is -3.01. The summed E-state index contributed by atoms with van der Waals surface area (Å²) in [5.74, 6) is -0.820. The van der Waals surface area contributed by atoms with Crippen molar-refractivity contribution in [1.29, 1.82) is 0 Å². The summed E-state index contributed by atoms with van der Waals surface area (Å²) in [4.78, 5) is 58.0. The van der Waals surface area contributed by atoms with Crippen molar-refractivity contribution in [2.24, 2.45) is 5.92 Å². The fraction of sp³-hybridized carbons (Fsp3) is 0.500. The summed E-state index contributed by atoms with van der Waals surface area (Å²) in [5, 5.41) is 9.82. The minimum Gasteiger partial charge on any atom is -0.432 e. The molecule has 3 aliphatic rings. The minimum absolute atomic E-state index is 0.0309. The molecular formula is C38H51N3O6Si. The highest BCUT2D eigenvalue weighted by atomic mass is 28.4. The lowest BCUT2D eigenvalue weighted by atomic mass is 9.82. The van der Waals surface area contributed by atoms with Crippen molar-refractivity contribution in [2.75, 3.05) is 36.0 Å². The third kappa shape index (κ3) is 7.08. The summed E-state index contributed by atoms with van der Waals surface area (Å²) >= 11 is 0. The number of β-lactam (4-membered cyclic amide) rings is 1. The Bertz CT molecular complexity index is 1580. The van der Waals surface area contributed by atoms with Crippen LogP contribution in [0.4, 0.5) is 11.4 Å². The number of carbonyl (C=O) groups excluding carboxylic acids is 3. The first-order valence-electron chi connectivity index (χ1n) is 17.2. The van der Waals surface area contributed by atoms with E-state index in [0.717, 1.165) is 29.8 Å². The Morgan fingerprint density at radius 3 is 2.44 bits per heavy atom. The predicted octanol–water partition coefficient (Wildman–Crippen LogP) is 5.67. The number of rotatable bonds is 13. The maximum Gasteiger partial charge on any atom is 0.264 e. The van der Waals surface area contributed by atoms with Crippen molar-refractivity contribution in [3.05, 3.63) is 83.0 Å². The molecule has 1 spiro atoms. The van der Waals surface area contributed by atoms with Crippen LogP contribution in [0, 0.1) is 5.92 Å². The zero-order valence-corrected chi connectivity index (χ0v) is 30.2. The maximum atomic E-state index is 14.8. The van der Waals surface area contributed by atoms with Crippen LogP contribution < -0.4 is 9.80 Å². The number of allylic oxidation sites excluding steroid dienone is 3. The molecule has 4 atom stereocenters. The molecule has 10 heteroatoms. The van der Waals surface area contributed by atoms with E-state index in [1.165, 1.54) is 11.1 Å². The van der Waals surface area contributed by atoms with Gasteiger partial charge in [-0.25, -0.2) is 0 Å². The second kappa shape index (κ2) is 14.5. The van der Waals surface area contributed by atoms with Gasteiger partial charge in [-0.2, -0.15) is 0 Å². The second-order valence-corrected chi connectivity index (χ2v) is 18.3. The number of hydrogen-bond donors (Lipinski definition) is 2. The van der Waals surface area contributed by atoms with Gasteiger partial charge in [0.2, 0.25) is 11.8 Å². The molecule has 0 radical (unpaired) electrons. The zero-order chi connectivity index (χ0) is 34.8. The van der Waals surface area contributed by atoms with Crippen LogP contribution in [0.2, 0.25) is 18.6 Å². The van der Waals surface area contributed by atoms with E-state index < -0.39 is 31.5 Å². The van der Waals surface area contributed by atoms with E-state index in [1.807, 2.05) is 68.5 Å². The van der Waals surface area contributed by atoms with Gasteiger partial charge in [-0.15, -0.1) is 0 Å². The molecule has 3 aliphatic heterocycles. The third-order valence-corrected chi connectivity index (χ3v) is 12.7. The average molecular weight is 674 g/mol. The van der Waals surface area contributed by atoms with Gasteiger partial charge >= 0.3 is 0 Å². The van der Waals surface area contributed by atoms with Crippen molar-refractivity contribution < 1.29 is 29.0 Å². The largest absolute Gasteiger partial charge is 0.432 e. The number of fused-ring (bicyclic) bond motifs is 2. The van der Waals surface area contributed by atoms with Crippen LogP contribution in [0.3, 0.4) is 0 Å². The molecule has 0 bridgehead atoms. The van der Waals surface area contributed by atoms with Gasteiger partial charge in [-0.05, 0) is 70.5 Å². The summed E-state index contributed by atoms with van der Waals surface area (Å²) in [6.07, 6.45) is 5.85. The van der Waals surface area contributed by atoms with E-state index in [0.29, 0.717) is 31.6 Å². The molecule has 0 unspecified atom stereocenters. The van der Waals surface area contributed by atoms with Crippen molar-refractivity contribution in [2.45, 2.75) is 90.3 Å². The molecule has 48 heavy (non-hydrogen) atoms. The SMILES string of the molecule is CC(C)=CCC/C(C)=C/CN1C(=O)[C@@]2(O[C@@H](CC(=O)N(CCO)Cc3ccccc3)[C@H]([Si](C)(C)O)[C@H]2C)c2cc(N3CCC3=O)ccc21. The highest BCUT2D eigenvalue weighted by molar-refractivity contribution is 6.71. The Balaban J connectivity index is 1.51. The molecule has 2 N–H and O–H groups in total. The quantitative estimate of drug-likeness (QED) is 0.161. The van der Waals surface area contributed by atoms with Gasteiger partial charge in [0.25, 0.3) is 5.91 Å².